The number of pyridine rings is 1. The Hall–Kier alpha value is -4.25. The molecule has 0 spiro atoms. The highest BCUT2D eigenvalue weighted by Crippen LogP contribution is 2.18. The minimum Gasteiger partial charge on any atom is -0.449 e. The molecule has 0 fully saturated rings. The molecule has 0 aliphatic heterocycles. The van der Waals surface area contributed by atoms with Crippen molar-refractivity contribution < 1.29 is 22.7 Å². The Labute approximate surface area is 189 Å². The normalized spacial score (nSPS) is 12.2. The molecular formula is C22H19N5O5S. The van der Waals surface area contributed by atoms with Gasteiger partial charge in [0.1, 0.15) is 5.82 Å². The second-order valence-electron chi connectivity index (χ2n) is 7.02. The second kappa shape index (κ2) is 9.09. The van der Waals surface area contributed by atoms with Crippen molar-refractivity contribution in [2.45, 2.75) is 17.9 Å². The number of nitrogens with one attached hydrogen (secondary N) is 3. The summed E-state index contributed by atoms with van der Waals surface area (Å²) in [6, 6.07) is 15.2. The van der Waals surface area contributed by atoms with Crippen molar-refractivity contribution in [2.24, 2.45) is 0 Å². The fourth-order valence-electron chi connectivity index (χ4n) is 2.93. The molecule has 0 saturated heterocycles. The van der Waals surface area contributed by atoms with Gasteiger partial charge in [0.15, 0.2) is 6.10 Å². The predicted octanol–water partition coefficient (Wildman–Crippen LogP) is 2.94. The van der Waals surface area contributed by atoms with Crippen molar-refractivity contribution in [3.63, 3.8) is 0 Å². The van der Waals surface area contributed by atoms with Gasteiger partial charge < -0.3 is 15.0 Å². The summed E-state index contributed by atoms with van der Waals surface area (Å²) in [7, 11) is -3.83. The molecular weight excluding hydrogens is 446 g/mol. The van der Waals surface area contributed by atoms with Crippen LogP contribution in [-0.2, 0) is 19.6 Å². The molecule has 4 aromatic rings. The van der Waals surface area contributed by atoms with E-state index in [9.17, 15) is 18.0 Å². The first-order valence-corrected chi connectivity index (χ1v) is 11.3. The quantitative estimate of drug-likeness (QED) is 0.356. The van der Waals surface area contributed by atoms with Gasteiger partial charge in [-0.15, -0.1) is 0 Å². The van der Waals surface area contributed by atoms with Crippen molar-refractivity contribution in [1.82, 2.24) is 15.0 Å². The lowest BCUT2D eigenvalue weighted by molar-refractivity contribution is -0.123. The lowest BCUT2D eigenvalue weighted by Crippen LogP contribution is -2.30. The number of fused-ring (bicyclic) bond motifs is 1. The Morgan fingerprint density at radius 2 is 1.82 bits per heavy atom. The van der Waals surface area contributed by atoms with Gasteiger partial charge in [-0.3, -0.25) is 9.52 Å². The number of carbonyl (C=O) groups is 2. The van der Waals surface area contributed by atoms with Crippen molar-refractivity contribution in [3.05, 3.63) is 78.8 Å². The molecule has 0 aliphatic carbocycles. The predicted molar refractivity (Wildman–Crippen MR) is 121 cm³/mol. The Morgan fingerprint density at radius 1 is 1.03 bits per heavy atom. The van der Waals surface area contributed by atoms with E-state index in [1.54, 1.807) is 30.3 Å². The number of aromatic nitrogens is 3. The summed E-state index contributed by atoms with van der Waals surface area (Å²) in [5.41, 5.74) is 2.01. The molecule has 2 aromatic heterocycles. The number of anilines is 2. The van der Waals surface area contributed by atoms with Crippen LogP contribution in [0.2, 0.25) is 0 Å². The van der Waals surface area contributed by atoms with Gasteiger partial charge in [-0.1, -0.05) is 6.07 Å². The smallest absolute Gasteiger partial charge is 0.338 e. The number of amides is 1. The highest BCUT2D eigenvalue weighted by molar-refractivity contribution is 7.92. The number of H-pyrrole nitrogens is 1. The second-order valence-corrected chi connectivity index (χ2v) is 8.70. The van der Waals surface area contributed by atoms with Gasteiger partial charge in [0, 0.05) is 11.9 Å². The van der Waals surface area contributed by atoms with Gasteiger partial charge in [0.05, 0.1) is 27.8 Å². The first-order chi connectivity index (χ1) is 15.8. The van der Waals surface area contributed by atoms with Crippen LogP contribution in [0.3, 0.4) is 0 Å². The van der Waals surface area contributed by atoms with E-state index in [1.807, 2.05) is 0 Å². The monoisotopic (exact) mass is 465 g/mol. The molecule has 0 aliphatic rings. The fraction of sp³-hybridized carbons (Fsp3) is 0.0909. The fourth-order valence-corrected chi connectivity index (χ4v) is 3.93. The molecule has 3 N–H and O–H groups in total. The standard InChI is InChI=1S/C22H19N5O5S/c1-14(32-22(29)15-5-10-18-19(12-15)25-13-24-18)21(28)26-16-6-8-17(9-7-16)33(30,31)27-20-4-2-3-11-23-20/h2-14H,1H3,(H,23,27)(H,24,25)(H,26,28). The summed E-state index contributed by atoms with van der Waals surface area (Å²) in [6.07, 6.45) is 1.91. The van der Waals surface area contributed by atoms with Gasteiger partial charge in [-0.05, 0) is 61.5 Å². The first-order valence-electron chi connectivity index (χ1n) is 9.81. The van der Waals surface area contributed by atoms with Crippen LogP contribution < -0.4 is 10.0 Å². The number of nitrogens with zero attached hydrogens (tertiary/aromatic N) is 2. The lowest BCUT2D eigenvalue weighted by atomic mass is 10.2. The zero-order valence-corrected chi connectivity index (χ0v) is 18.2. The molecule has 0 radical (unpaired) electrons. The average Bonchev–Trinajstić information content (AvgIpc) is 3.27. The number of sulfonamides is 1. The van der Waals surface area contributed by atoms with Gasteiger partial charge in [-0.2, -0.15) is 0 Å². The van der Waals surface area contributed by atoms with Crippen molar-refractivity contribution in [2.75, 3.05) is 10.0 Å². The minimum atomic E-state index is -3.83. The molecule has 2 heterocycles. The van der Waals surface area contributed by atoms with E-state index in [-0.39, 0.29) is 16.3 Å². The highest BCUT2D eigenvalue weighted by Gasteiger charge is 2.20. The van der Waals surface area contributed by atoms with Crippen LogP contribution >= 0.6 is 0 Å². The van der Waals surface area contributed by atoms with E-state index in [2.05, 4.69) is 25.0 Å². The lowest BCUT2D eigenvalue weighted by Gasteiger charge is -2.14. The van der Waals surface area contributed by atoms with Gasteiger partial charge in [-0.25, -0.2) is 23.2 Å². The van der Waals surface area contributed by atoms with E-state index in [0.717, 1.165) is 0 Å². The Balaban J connectivity index is 1.37. The number of esters is 1. The molecule has 10 nitrogen and oxygen atoms in total. The number of carbonyl (C=O) groups excluding carboxylic acids is 2. The van der Waals surface area contributed by atoms with Gasteiger partial charge >= 0.3 is 5.97 Å². The SMILES string of the molecule is CC(OC(=O)c1ccc2nc[nH]c2c1)C(=O)Nc1ccc(S(=O)(=O)Nc2ccccn2)cc1. The molecule has 4 rings (SSSR count). The zero-order valence-electron chi connectivity index (χ0n) is 17.3. The Kier molecular flexibility index (Phi) is 6.05. The maximum Gasteiger partial charge on any atom is 0.338 e. The van der Waals surface area contributed by atoms with Crippen LogP contribution in [-0.4, -0.2) is 41.4 Å². The van der Waals surface area contributed by atoms with Crippen molar-refractivity contribution in [1.29, 1.82) is 0 Å². The van der Waals surface area contributed by atoms with Gasteiger partial charge in [0.25, 0.3) is 15.9 Å². The Bertz CT molecular complexity index is 1400. The molecule has 33 heavy (non-hydrogen) atoms. The number of imidazole rings is 1. The largest absolute Gasteiger partial charge is 0.449 e. The van der Waals surface area contributed by atoms with Crippen LogP contribution in [0.15, 0.2) is 78.1 Å². The Morgan fingerprint density at radius 3 is 2.55 bits per heavy atom. The molecule has 2 aromatic carbocycles. The molecule has 11 heteroatoms. The number of hydrogen-bond donors (Lipinski definition) is 3. The summed E-state index contributed by atoms with van der Waals surface area (Å²) in [4.78, 5) is 35.7. The van der Waals surface area contributed by atoms with Crippen molar-refractivity contribution >= 4 is 44.4 Å². The third kappa shape index (κ3) is 5.15. The third-order valence-electron chi connectivity index (χ3n) is 4.64. The molecule has 0 saturated carbocycles. The first kappa shape index (κ1) is 22.0. The summed E-state index contributed by atoms with van der Waals surface area (Å²) >= 11 is 0. The highest BCUT2D eigenvalue weighted by atomic mass is 32.2. The molecule has 168 valence electrons. The van der Waals surface area contributed by atoms with E-state index >= 15 is 0 Å². The number of ether oxygens (including phenoxy) is 1. The topological polar surface area (TPSA) is 143 Å². The van der Waals surface area contributed by atoms with E-state index in [0.29, 0.717) is 16.7 Å². The van der Waals surface area contributed by atoms with Crippen LogP contribution in [0.25, 0.3) is 11.0 Å². The maximum absolute atomic E-state index is 12.5. The number of rotatable bonds is 7. The van der Waals surface area contributed by atoms with E-state index in [4.69, 9.17) is 4.74 Å². The van der Waals surface area contributed by atoms with E-state index < -0.39 is 28.0 Å². The average molecular weight is 465 g/mol. The third-order valence-corrected chi connectivity index (χ3v) is 6.02. The van der Waals surface area contributed by atoms with Crippen LogP contribution in [0.4, 0.5) is 11.5 Å². The molecule has 1 amide bonds. The molecule has 1 unspecified atom stereocenters. The van der Waals surface area contributed by atoms with E-state index in [1.165, 1.54) is 49.8 Å². The van der Waals surface area contributed by atoms with Crippen LogP contribution in [0.1, 0.15) is 17.3 Å². The maximum atomic E-state index is 12.5. The minimum absolute atomic E-state index is 0.000160. The molecule has 0 bridgehead atoms. The van der Waals surface area contributed by atoms with Crippen molar-refractivity contribution in [3.8, 4) is 0 Å². The molecule has 1 atom stereocenters. The summed E-state index contributed by atoms with van der Waals surface area (Å²) < 4.78 is 32.5. The number of hydrogen-bond acceptors (Lipinski definition) is 7. The number of aromatic amines is 1. The number of benzene rings is 2. The summed E-state index contributed by atoms with van der Waals surface area (Å²) in [6.45, 7) is 1.44. The van der Waals surface area contributed by atoms with Gasteiger partial charge in [0.2, 0.25) is 0 Å². The summed E-state index contributed by atoms with van der Waals surface area (Å²) in [5, 5.41) is 2.59. The summed E-state index contributed by atoms with van der Waals surface area (Å²) in [5.74, 6) is -1.03. The van der Waals surface area contributed by atoms with Crippen LogP contribution in [0.5, 0.6) is 0 Å². The van der Waals surface area contributed by atoms with Crippen LogP contribution in [0, 0.1) is 0 Å². The zero-order chi connectivity index (χ0) is 23.4.